The van der Waals surface area contributed by atoms with Crippen LogP contribution in [0.1, 0.15) is 37.3 Å². The van der Waals surface area contributed by atoms with Crippen molar-refractivity contribution in [3.63, 3.8) is 0 Å². The number of carboxylic acids is 1. The molecule has 1 aliphatic rings. The Bertz CT molecular complexity index is 524. The number of benzene rings is 1. The molecule has 20 heavy (non-hydrogen) atoms. The van der Waals surface area contributed by atoms with Crippen LogP contribution in [0.3, 0.4) is 0 Å². The quantitative estimate of drug-likeness (QED) is 0.877. The van der Waals surface area contributed by atoms with Crippen molar-refractivity contribution in [2.45, 2.75) is 38.7 Å². The molecule has 2 rings (SSSR count). The first kappa shape index (κ1) is 15.1. The van der Waals surface area contributed by atoms with E-state index in [-0.39, 0.29) is 12.3 Å². The zero-order valence-corrected chi connectivity index (χ0v) is 12.8. The zero-order chi connectivity index (χ0) is 14.9. The fraction of sp³-hybridized carbons (Fsp3) is 0.533. The summed E-state index contributed by atoms with van der Waals surface area (Å²) in [6, 6.07) is 3.82. The molecule has 0 radical (unpaired) electrons. The van der Waals surface area contributed by atoms with Gasteiger partial charge in [0.2, 0.25) is 0 Å². The fourth-order valence-corrected chi connectivity index (χ4v) is 2.53. The maximum atomic E-state index is 11.0. The van der Waals surface area contributed by atoms with Crippen molar-refractivity contribution < 1.29 is 14.6 Å². The van der Waals surface area contributed by atoms with E-state index in [1.165, 1.54) is 0 Å². The van der Waals surface area contributed by atoms with Gasteiger partial charge >= 0.3 is 5.97 Å². The normalized spacial score (nSPS) is 16.9. The fourth-order valence-electron chi connectivity index (χ4n) is 2.36. The van der Waals surface area contributed by atoms with Gasteiger partial charge in [-0.25, -0.2) is 0 Å². The van der Waals surface area contributed by atoms with Crippen molar-refractivity contribution in [3.05, 3.63) is 28.3 Å². The third-order valence-corrected chi connectivity index (χ3v) is 4.01. The average molecular weight is 298 g/mol. The molecule has 0 amide bonds. The minimum atomic E-state index is -0.844. The maximum absolute atomic E-state index is 11.0. The number of aliphatic carboxylic acids is 1. The molecule has 1 aromatic carbocycles. The Kier molecular flexibility index (Phi) is 4.25. The second-order valence-electron chi connectivity index (χ2n) is 5.75. The molecule has 2 N–H and O–H groups in total. The summed E-state index contributed by atoms with van der Waals surface area (Å²) in [5.41, 5.74) is 1.30. The van der Waals surface area contributed by atoms with Crippen LogP contribution in [-0.4, -0.2) is 29.8 Å². The monoisotopic (exact) mass is 297 g/mol. The van der Waals surface area contributed by atoms with Gasteiger partial charge in [0, 0.05) is 18.1 Å². The highest BCUT2D eigenvalue weighted by molar-refractivity contribution is 6.31. The summed E-state index contributed by atoms with van der Waals surface area (Å²) >= 11 is 6.17. The summed E-state index contributed by atoms with van der Waals surface area (Å²) in [7, 11) is 0. The third-order valence-electron chi connectivity index (χ3n) is 3.61. The molecule has 1 heterocycles. The number of carboxylic acid groups (broad SMARTS) is 1. The maximum Gasteiger partial charge on any atom is 0.307 e. The first-order chi connectivity index (χ1) is 9.33. The van der Waals surface area contributed by atoms with E-state index in [1.807, 2.05) is 19.1 Å². The standard InChI is InChI=1S/C15H20ClNO3/c1-9(2)11-5-12(16)10(3)4-13(11)20-15(6-14(18)19)7-17-8-15/h4-5,9,17H,6-8H2,1-3H3,(H,18,19). The van der Waals surface area contributed by atoms with Crippen molar-refractivity contribution in [1.82, 2.24) is 5.32 Å². The SMILES string of the molecule is Cc1cc(OC2(CC(=O)O)CNC2)c(C(C)C)cc1Cl. The topological polar surface area (TPSA) is 58.6 Å². The van der Waals surface area contributed by atoms with E-state index in [2.05, 4.69) is 19.2 Å². The summed E-state index contributed by atoms with van der Waals surface area (Å²) in [5, 5.41) is 12.8. The highest BCUT2D eigenvalue weighted by Gasteiger charge is 2.42. The Morgan fingerprint density at radius 2 is 2.15 bits per heavy atom. The van der Waals surface area contributed by atoms with E-state index in [9.17, 15) is 4.79 Å². The van der Waals surface area contributed by atoms with E-state index in [0.717, 1.165) is 16.9 Å². The summed E-state index contributed by atoms with van der Waals surface area (Å²) in [6.07, 6.45) is -0.000784. The molecule has 0 spiro atoms. The summed E-state index contributed by atoms with van der Waals surface area (Å²) in [4.78, 5) is 11.0. The molecule has 0 saturated carbocycles. The van der Waals surface area contributed by atoms with Crippen molar-refractivity contribution in [2.75, 3.05) is 13.1 Å². The van der Waals surface area contributed by atoms with Gasteiger partial charge in [0.1, 0.15) is 11.4 Å². The summed E-state index contributed by atoms with van der Waals surface area (Å²) in [5.74, 6) is 0.158. The van der Waals surface area contributed by atoms with Crippen LogP contribution in [-0.2, 0) is 4.79 Å². The van der Waals surface area contributed by atoms with Gasteiger partial charge in [0.05, 0.1) is 6.42 Å². The summed E-state index contributed by atoms with van der Waals surface area (Å²) in [6.45, 7) is 7.16. The van der Waals surface area contributed by atoms with E-state index < -0.39 is 11.6 Å². The van der Waals surface area contributed by atoms with E-state index in [4.69, 9.17) is 21.4 Å². The van der Waals surface area contributed by atoms with Crippen LogP contribution in [0.2, 0.25) is 5.02 Å². The van der Waals surface area contributed by atoms with Crippen molar-refractivity contribution >= 4 is 17.6 Å². The van der Waals surface area contributed by atoms with Crippen LogP contribution >= 0.6 is 11.6 Å². The van der Waals surface area contributed by atoms with Gasteiger partial charge < -0.3 is 15.2 Å². The molecule has 0 aromatic heterocycles. The number of nitrogens with one attached hydrogen (secondary N) is 1. The number of hydrogen-bond acceptors (Lipinski definition) is 3. The lowest BCUT2D eigenvalue weighted by atomic mass is 9.92. The lowest BCUT2D eigenvalue weighted by molar-refractivity contribution is -0.143. The first-order valence-corrected chi connectivity index (χ1v) is 7.12. The Labute approximate surface area is 124 Å². The second kappa shape index (κ2) is 5.62. The van der Waals surface area contributed by atoms with E-state index in [0.29, 0.717) is 18.1 Å². The van der Waals surface area contributed by atoms with Gasteiger partial charge in [-0.1, -0.05) is 25.4 Å². The minimum Gasteiger partial charge on any atom is -0.484 e. The molecular weight excluding hydrogens is 278 g/mol. The molecule has 1 aliphatic heterocycles. The highest BCUT2D eigenvalue weighted by atomic mass is 35.5. The summed E-state index contributed by atoms with van der Waals surface area (Å²) < 4.78 is 6.08. The number of ether oxygens (including phenoxy) is 1. The van der Waals surface area contributed by atoms with Crippen LogP contribution in [0.5, 0.6) is 5.75 Å². The van der Waals surface area contributed by atoms with Crippen LogP contribution < -0.4 is 10.1 Å². The first-order valence-electron chi connectivity index (χ1n) is 6.74. The molecule has 4 nitrogen and oxygen atoms in total. The molecule has 1 fully saturated rings. The molecule has 0 bridgehead atoms. The lowest BCUT2D eigenvalue weighted by Crippen LogP contribution is -2.64. The lowest BCUT2D eigenvalue weighted by Gasteiger charge is -2.42. The van der Waals surface area contributed by atoms with Crippen molar-refractivity contribution in [2.24, 2.45) is 0 Å². The Morgan fingerprint density at radius 3 is 2.60 bits per heavy atom. The van der Waals surface area contributed by atoms with Crippen LogP contribution in [0, 0.1) is 6.92 Å². The predicted molar refractivity (Wildman–Crippen MR) is 78.8 cm³/mol. The van der Waals surface area contributed by atoms with Gasteiger partial charge in [0.15, 0.2) is 0 Å². The van der Waals surface area contributed by atoms with Gasteiger partial charge in [-0.2, -0.15) is 0 Å². The number of aryl methyl sites for hydroxylation is 1. The third kappa shape index (κ3) is 3.07. The minimum absolute atomic E-state index is 0.000784. The van der Waals surface area contributed by atoms with Gasteiger partial charge in [-0.3, -0.25) is 4.79 Å². The number of carbonyl (C=O) groups is 1. The van der Waals surface area contributed by atoms with Crippen LogP contribution in [0.4, 0.5) is 0 Å². The second-order valence-corrected chi connectivity index (χ2v) is 6.16. The van der Waals surface area contributed by atoms with Crippen LogP contribution in [0.15, 0.2) is 12.1 Å². The number of hydrogen-bond donors (Lipinski definition) is 2. The molecule has 0 atom stereocenters. The molecular formula is C15H20ClNO3. The van der Waals surface area contributed by atoms with Crippen molar-refractivity contribution in [1.29, 1.82) is 0 Å². The Balaban J connectivity index is 2.32. The molecule has 110 valence electrons. The smallest absolute Gasteiger partial charge is 0.307 e. The van der Waals surface area contributed by atoms with Gasteiger partial charge in [0.25, 0.3) is 0 Å². The molecule has 1 saturated heterocycles. The van der Waals surface area contributed by atoms with Crippen molar-refractivity contribution in [3.8, 4) is 5.75 Å². The van der Waals surface area contributed by atoms with Gasteiger partial charge in [-0.05, 0) is 36.1 Å². The van der Waals surface area contributed by atoms with Crippen LogP contribution in [0.25, 0.3) is 0 Å². The van der Waals surface area contributed by atoms with E-state index >= 15 is 0 Å². The van der Waals surface area contributed by atoms with Gasteiger partial charge in [-0.15, -0.1) is 0 Å². The Hall–Kier alpha value is -1.26. The molecule has 0 aliphatic carbocycles. The molecule has 0 unspecified atom stereocenters. The largest absolute Gasteiger partial charge is 0.484 e. The van der Waals surface area contributed by atoms with E-state index in [1.54, 1.807) is 0 Å². The predicted octanol–water partition coefficient (Wildman–Crippen LogP) is 2.97. The Morgan fingerprint density at radius 1 is 1.50 bits per heavy atom. The highest BCUT2D eigenvalue weighted by Crippen LogP contribution is 2.35. The average Bonchev–Trinajstić information content (AvgIpc) is 2.29. The molecule has 1 aromatic rings. The number of rotatable bonds is 5. The molecule has 5 heteroatoms. The zero-order valence-electron chi connectivity index (χ0n) is 12.0. The number of halogens is 1.